The van der Waals surface area contributed by atoms with Crippen molar-refractivity contribution in [3.05, 3.63) is 28.5 Å². The van der Waals surface area contributed by atoms with Crippen LogP contribution in [0.4, 0.5) is 0 Å². The van der Waals surface area contributed by atoms with Gasteiger partial charge in [0.15, 0.2) is 0 Å². The molecule has 0 saturated heterocycles. The zero-order valence-electron chi connectivity index (χ0n) is 8.61. The molecule has 0 fully saturated rings. The summed E-state index contributed by atoms with van der Waals surface area (Å²) in [4.78, 5) is 11.2. The summed E-state index contributed by atoms with van der Waals surface area (Å²) in [5, 5.41) is 3.94. The van der Waals surface area contributed by atoms with E-state index in [-0.39, 0.29) is 5.97 Å². The molecule has 0 bridgehead atoms. The third-order valence-electron chi connectivity index (χ3n) is 1.36. The number of carbonyl (C=O) groups excluding carboxylic acids is 1. The molecule has 0 N–H and O–H groups in total. The molecule has 1 aromatic heterocycles. The molecular weight excluding hydrogens is 196 g/mol. The van der Waals surface area contributed by atoms with E-state index in [1.807, 2.05) is 37.6 Å². The van der Waals surface area contributed by atoms with Crippen molar-refractivity contribution in [3.63, 3.8) is 0 Å². The molecule has 3 heteroatoms. The molecule has 0 radical (unpaired) electrons. The highest BCUT2D eigenvalue weighted by molar-refractivity contribution is 7.08. The molecule has 0 atom stereocenters. The first-order valence-electron chi connectivity index (χ1n) is 4.41. The zero-order chi connectivity index (χ0) is 10.6. The number of esters is 1. The van der Waals surface area contributed by atoms with E-state index in [0.29, 0.717) is 0 Å². The van der Waals surface area contributed by atoms with Gasteiger partial charge in [0, 0.05) is 6.08 Å². The summed E-state index contributed by atoms with van der Waals surface area (Å²) in [5.74, 6) is -0.302. The number of ether oxygens (including phenoxy) is 1. The first-order chi connectivity index (χ1) is 6.47. The van der Waals surface area contributed by atoms with Gasteiger partial charge in [-0.2, -0.15) is 11.3 Å². The topological polar surface area (TPSA) is 26.3 Å². The molecule has 0 spiro atoms. The number of hydrogen-bond acceptors (Lipinski definition) is 3. The third kappa shape index (κ3) is 4.23. The van der Waals surface area contributed by atoms with Gasteiger partial charge in [-0.3, -0.25) is 0 Å². The van der Waals surface area contributed by atoms with Crippen molar-refractivity contribution in [2.45, 2.75) is 26.4 Å². The quantitative estimate of drug-likeness (QED) is 0.554. The Balaban J connectivity index is 2.49. The summed E-state index contributed by atoms with van der Waals surface area (Å²) < 4.78 is 5.11. The summed E-state index contributed by atoms with van der Waals surface area (Å²) in [6, 6.07) is 1.95. The fraction of sp³-hybridized carbons (Fsp3) is 0.364. The fourth-order valence-electron chi connectivity index (χ4n) is 0.870. The van der Waals surface area contributed by atoms with Gasteiger partial charge in [0.2, 0.25) is 0 Å². The smallest absolute Gasteiger partial charge is 0.331 e. The van der Waals surface area contributed by atoms with Crippen molar-refractivity contribution in [2.24, 2.45) is 0 Å². The summed E-state index contributed by atoms with van der Waals surface area (Å²) in [7, 11) is 0. The largest absolute Gasteiger partial charge is 0.457 e. The van der Waals surface area contributed by atoms with Crippen LogP contribution in [0.5, 0.6) is 0 Å². The highest BCUT2D eigenvalue weighted by atomic mass is 32.1. The van der Waals surface area contributed by atoms with E-state index in [1.165, 1.54) is 6.08 Å². The summed E-state index contributed by atoms with van der Waals surface area (Å²) in [6.07, 6.45) is 3.21. The highest BCUT2D eigenvalue weighted by Crippen LogP contribution is 2.10. The Morgan fingerprint density at radius 2 is 2.21 bits per heavy atom. The van der Waals surface area contributed by atoms with Crippen LogP contribution in [0.2, 0.25) is 0 Å². The molecule has 0 aliphatic heterocycles. The Bertz CT molecular complexity index is 318. The van der Waals surface area contributed by atoms with Crippen molar-refractivity contribution in [2.75, 3.05) is 0 Å². The molecule has 76 valence electrons. The van der Waals surface area contributed by atoms with Gasteiger partial charge in [0.1, 0.15) is 5.60 Å². The molecule has 0 saturated carbocycles. The minimum absolute atomic E-state index is 0.302. The Morgan fingerprint density at radius 1 is 1.50 bits per heavy atom. The monoisotopic (exact) mass is 210 g/mol. The van der Waals surface area contributed by atoms with E-state index in [9.17, 15) is 4.79 Å². The van der Waals surface area contributed by atoms with Gasteiger partial charge in [-0.1, -0.05) is 0 Å². The second-order valence-electron chi connectivity index (χ2n) is 3.92. The number of rotatable bonds is 2. The van der Waals surface area contributed by atoms with Gasteiger partial charge in [-0.15, -0.1) is 0 Å². The summed E-state index contributed by atoms with van der Waals surface area (Å²) in [6.45, 7) is 5.55. The highest BCUT2D eigenvalue weighted by Gasteiger charge is 2.13. The lowest BCUT2D eigenvalue weighted by molar-refractivity contribution is -0.148. The first kappa shape index (κ1) is 11.0. The van der Waals surface area contributed by atoms with Gasteiger partial charge in [-0.05, 0) is 49.2 Å². The Morgan fingerprint density at radius 3 is 2.71 bits per heavy atom. The number of carbonyl (C=O) groups is 1. The maximum atomic E-state index is 11.2. The van der Waals surface area contributed by atoms with E-state index in [1.54, 1.807) is 17.4 Å². The predicted octanol–water partition coefficient (Wildman–Crippen LogP) is 3.10. The van der Waals surface area contributed by atoms with Crippen LogP contribution in [0, 0.1) is 0 Å². The lowest BCUT2D eigenvalue weighted by Gasteiger charge is -2.17. The van der Waals surface area contributed by atoms with Gasteiger partial charge < -0.3 is 4.74 Å². The van der Waals surface area contributed by atoms with Crippen LogP contribution in [-0.2, 0) is 9.53 Å². The maximum Gasteiger partial charge on any atom is 0.331 e. The van der Waals surface area contributed by atoms with Crippen LogP contribution in [0.1, 0.15) is 26.3 Å². The van der Waals surface area contributed by atoms with Crippen molar-refractivity contribution in [1.29, 1.82) is 0 Å². The lowest BCUT2D eigenvalue weighted by atomic mass is 10.2. The lowest BCUT2D eigenvalue weighted by Crippen LogP contribution is -2.22. The van der Waals surface area contributed by atoms with Crippen LogP contribution < -0.4 is 0 Å². The van der Waals surface area contributed by atoms with Gasteiger partial charge in [0.25, 0.3) is 0 Å². The molecule has 0 aromatic carbocycles. The van der Waals surface area contributed by atoms with Crippen molar-refractivity contribution < 1.29 is 9.53 Å². The third-order valence-corrected chi connectivity index (χ3v) is 2.06. The first-order valence-corrected chi connectivity index (χ1v) is 5.35. The maximum absolute atomic E-state index is 11.2. The Labute approximate surface area is 88.2 Å². The molecule has 1 rings (SSSR count). The summed E-state index contributed by atoms with van der Waals surface area (Å²) in [5.41, 5.74) is 0.608. The number of hydrogen-bond donors (Lipinski definition) is 0. The van der Waals surface area contributed by atoms with Gasteiger partial charge >= 0.3 is 5.97 Å². The molecule has 0 amide bonds. The van der Waals surface area contributed by atoms with Crippen molar-refractivity contribution in [3.8, 4) is 0 Å². The predicted molar refractivity (Wildman–Crippen MR) is 59.2 cm³/mol. The second kappa shape index (κ2) is 4.42. The zero-order valence-corrected chi connectivity index (χ0v) is 9.43. The van der Waals surface area contributed by atoms with E-state index in [0.717, 1.165) is 5.56 Å². The van der Waals surface area contributed by atoms with E-state index >= 15 is 0 Å². The summed E-state index contributed by atoms with van der Waals surface area (Å²) >= 11 is 1.60. The Kier molecular flexibility index (Phi) is 3.47. The standard InChI is InChI=1S/C11H14O2S/c1-11(2,3)13-10(12)5-4-9-6-7-14-8-9/h4-8H,1-3H3/b5-4+. The van der Waals surface area contributed by atoms with Crippen LogP contribution >= 0.6 is 11.3 Å². The Hall–Kier alpha value is -1.09. The van der Waals surface area contributed by atoms with E-state index < -0.39 is 5.60 Å². The average Bonchev–Trinajstić information content (AvgIpc) is 2.49. The van der Waals surface area contributed by atoms with Gasteiger partial charge in [0.05, 0.1) is 0 Å². The minimum Gasteiger partial charge on any atom is -0.457 e. The second-order valence-corrected chi connectivity index (χ2v) is 4.70. The molecule has 0 aliphatic rings. The SMILES string of the molecule is CC(C)(C)OC(=O)/C=C/c1ccsc1. The molecule has 14 heavy (non-hydrogen) atoms. The van der Waals surface area contributed by atoms with Crippen LogP contribution in [0.25, 0.3) is 6.08 Å². The minimum atomic E-state index is -0.421. The molecule has 0 aliphatic carbocycles. The molecule has 1 heterocycles. The molecule has 1 aromatic rings. The molecule has 2 nitrogen and oxygen atoms in total. The van der Waals surface area contributed by atoms with Crippen molar-refractivity contribution >= 4 is 23.4 Å². The number of thiophene rings is 1. The van der Waals surface area contributed by atoms with E-state index in [2.05, 4.69) is 0 Å². The van der Waals surface area contributed by atoms with E-state index in [4.69, 9.17) is 4.74 Å². The normalized spacial score (nSPS) is 11.9. The molecule has 0 unspecified atom stereocenters. The fourth-order valence-corrected chi connectivity index (χ4v) is 1.50. The molecular formula is C11H14O2S. The van der Waals surface area contributed by atoms with Crippen LogP contribution in [-0.4, -0.2) is 11.6 Å². The van der Waals surface area contributed by atoms with Crippen LogP contribution in [0.3, 0.4) is 0 Å². The average molecular weight is 210 g/mol. The van der Waals surface area contributed by atoms with Crippen molar-refractivity contribution in [1.82, 2.24) is 0 Å². The van der Waals surface area contributed by atoms with Crippen LogP contribution in [0.15, 0.2) is 22.9 Å². The van der Waals surface area contributed by atoms with Gasteiger partial charge in [-0.25, -0.2) is 4.79 Å².